The number of anilines is 2. The number of rotatable bonds is 3. The summed E-state index contributed by atoms with van der Waals surface area (Å²) in [7, 11) is 0. The van der Waals surface area contributed by atoms with E-state index in [2.05, 4.69) is 35.1 Å². The van der Waals surface area contributed by atoms with Crippen molar-refractivity contribution in [3.05, 3.63) is 65.7 Å². The number of nitriles is 1. The van der Waals surface area contributed by atoms with Gasteiger partial charge in [0.1, 0.15) is 23.2 Å². The van der Waals surface area contributed by atoms with Gasteiger partial charge in [-0.25, -0.2) is 9.37 Å². The van der Waals surface area contributed by atoms with Crippen LogP contribution in [0.4, 0.5) is 15.9 Å². The molecule has 0 amide bonds. The molecule has 27 heavy (non-hydrogen) atoms. The predicted octanol–water partition coefficient (Wildman–Crippen LogP) is 4.14. The molecule has 0 aliphatic carbocycles. The first-order valence-electron chi connectivity index (χ1n) is 8.87. The van der Waals surface area contributed by atoms with Gasteiger partial charge in [0.05, 0.1) is 17.2 Å². The summed E-state index contributed by atoms with van der Waals surface area (Å²) in [5, 5.41) is 15.9. The number of imidazole rings is 1. The molecular formula is C21H20FN5. The van der Waals surface area contributed by atoms with Gasteiger partial charge in [0.2, 0.25) is 0 Å². The van der Waals surface area contributed by atoms with E-state index in [0.29, 0.717) is 5.56 Å². The van der Waals surface area contributed by atoms with Crippen LogP contribution in [0, 0.1) is 17.1 Å². The molecule has 1 aliphatic rings. The second-order valence-corrected chi connectivity index (χ2v) is 7.16. The molecule has 5 nitrogen and oxygen atoms in total. The molecule has 0 saturated carbocycles. The van der Waals surface area contributed by atoms with Crippen LogP contribution in [0.1, 0.15) is 25.2 Å². The monoisotopic (exact) mass is 361 g/mol. The standard InChI is InChI=1S/C21H20FN5/c1-21(2)20-26-18(15-5-7-16(22)8-6-15)19(27(20)12-11-24-21)25-17-9-3-14(13-23)4-10-17/h3-10,24-25H,11-12H2,1-2H3. The van der Waals surface area contributed by atoms with Crippen LogP contribution in [0.2, 0.25) is 0 Å². The van der Waals surface area contributed by atoms with E-state index in [1.165, 1.54) is 12.1 Å². The SMILES string of the molecule is CC1(C)NCCn2c1nc(-c1ccc(F)cc1)c2Nc1ccc(C#N)cc1. The van der Waals surface area contributed by atoms with E-state index >= 15 is 0 Å². The summed E-state index contributed by atoms with van der Waals surface area (Å²) in [4.78, 5) is 4.90. The van der Waals surface area contributed by atoms with Crippen molar-refractivity contribution in [2.75, 3.05) is 11.9 Å². The van der Waals surface area contributed by atoms with Gasteiger partial charge < -0.3 is 15.2 Å². The highest BCUT2D eigenvalue weighted by atomic mass is 19.1. The van der Waals surface area contributed by atoms with Gasteiger partial charge in [0.15, 0.2) is 0 Å². The van der Waals surface area contributed by atoms with Gasteiger partial charge in [-0.3, -0.25) is 0 Å². The van der Waals surface area contributed by atoms with E-state index in [4.69, 9.17) is 10.2 Å². The highest BCUT2D eigenvalue weighted by Gasteiger charge is 2.33. The van der Waals surface area contributed by atoms with Crippen LogP contribution in [0.25, 0.3) is 11.3 Å². The number of aromatic nitrogens is 2. The highest BCUT2D eigenvalue weighted by molar-refractivity contribution is 5.77. The maximum Gasteiger partial charge on any atom is 0.138 e. The summed E-state index contributed by atoms with van der Waals surface area (Å²) >= 11 is 0. The first-order chi connectivity index (χ1) is 13.0. The summed E-state index contributed by atoms with van der Waals surface area (Å²) in [6, 6.07) is 15.8. The number of nitrogens with zero attached hydrogens (tertiary/aromatic N) is 3. The Morgan fingerprint density at radius 3 is 2.52 bits per heavy atom. The molecule has 1 aromatic heterocycles. The van der Waals surface area contributed by atoms with Gasteiger partial charge in [-0.05, 0) is 62.4 Å². The molecule has 0 saturated heterocycles. The molecule has 2 N–H and O–H groups in total. The van der Waals surface area contributed by atoms with E-state index in [1.807, 2.05) is 12.1 Å². The van der Waals surface area contributed by atoms with Crippen LogP contribution in [0.5, 0.6) is 0 Å². The smallest absolute Gasteiger partial charge is 0.138 e. The second kappa shape index (κ2) is 6.53. The number of hydrogen-bond donors (Lipinski definition) is 2. The molecule has 0 bridgehead atoms. The van der Waals surface area contributed by atoms with Gasteiger partial charge in [-0.2, -0.15) is 5.26 Å². The van der Waals surface area contributed by atoms with Gasteiger partial charge in [-0.15, -0.1) is 0 Å². The number of hydrogen-bond acceptors (Lipinski definition) is 4. The lowest BCUT2D eigenvalue weighted by atomic mass is 10.0. The highest BCUT2D eigenvalue weighted by Crippen LogP contribution is 2.36. The lowest BCUT2D eigenvalue weighted by Crippen LogP contribution is -2.45. The number of nitrogens with one attached hydrogen (secondary N) is 2. The van der Waals surface area contributed by atoms with Crippen LogP contribution in [0.3, 0.4) is 0 Å². The summed E-state index contributed by atoms with van der Waals surface area (Å²) < 4.78 is 15.6. The third kappa shape index (κ3) is 3.18. The molecule has 4 rings (SSSR count). The molecule has 3 aromatic rings. The van der Waals surface area contributed by atoms with Gasteiger partial charge in [0, 0.05) is 24.3 Å². The summed E-state index contributed by atoms with van der Waals surface area (Å²) in [6.45, 7) is 5.82. The first-order valence-corrected chi connectivity index (χ1v) is 8.87. The van der Waals surface area contributed by atoms with Crippen LogP contribution >= 0.6 is 0 Å². The Bertz CT molecular complexity index is 1010. The number of fused-ring (bicyclic) bond motifs is 1. The van der Waals surface area contributed by atoms with Gasteiger partial charge >= 0.3 is 0 Å². The third-order valence-electron chi connectivity index (χ3n) is 4.82. The topological polar surface area (TPSA) is 65.7 Å². The molecule has 1 aliphatic heterocycles. The zero-order valence-corrected chi connectivity index (χ0v) is 15.3. The fraction of sp³-hybridized carbons (Fsp3) is 0.238. The predicted molar refractivity (Wildman–Crippen MR) is 103 cm³/mol. The normalized spacial score (nSPS) is 15.0. The minimum Gasteiger partial charge on any atom is -0.340 e. The molecule has 0 spiro atoms. The Kier molecular flexibility index (Phi) is 4.17. The van der Waals surface area contributed by atoms with Gasteiger partial charge in [0.25, 0.3) is 0 Å². The Labute approximate surface area is 157 Å². The maximum atomic E-state index is 13.4. The van der Waals surface area contributed by atoms with Crippen molar-refractivity contribution in [2.45, 2.75) is 25.9 Å². The van der Waals surface area contributed by atoms with Crippen molar-refractivity contribution in [3.8, 4) is 17.3 Å². The maximum absolute atomic E-state index is 13.4. The van der Waals surface area contributed by atoms with Crippen molar-refractivity contribution in [1.82, 2.24) is 14.9 Å². The van der Waals surface area contributed by atoms with E-state index in [-0.39, 0.29) is 11.4 Å². The summed E-state index contributed by atoms with van der Waals surface area (Å²) in [6.07, 6.45) is 0. The fourth-order valence-corrected chi connectivity index (χ4v) is 3.41. The average Bonchev–Trinajstić information content (AvgIpc) is 3.03. The molecule has 2 heterocycles. The molecule has 0 unspecified atom stereocenters. The lowest BCUT2D eigenvalue weighted by Gasteiger charge is -2.32. The zero-order chi connectivity index (χ0) is 19.0. The van der Waals surface area contributed by atoms with Crippen molar-refractivity contribution >= 4 is 11.5 Å². The van der Waals surface area contributed by atoms with Crippen LogP contribution in [-0.2, 0) is 12.1 Å². The van der Waals surface area contributed by atoms with Gasteiger partial charge in [-0.1, -0.05) is 0 Å². The van der Waals surface area contributed by atoms with Crippen LogP contribution in [-0.4, -0.2) is 16.1 Å². The van der Waals surface area contributed by atoms with Crippen molar-refractivity contribution in [3.63, 3.8) is 0 Å². The van der Waals surface area contributed by atoms with Crippen molar-refractivity contribution in [2.24, 2.45) is 0 Å². The van der Waals surface area contributed by atoms with Crippen LogP contribution in [0.15, 0.2) is 48.5 Å². The minimum absolute atomic E-state index is 0.266. The Balaban J connectivity index is 1.83. The molecule has 0 radical (unpaired) electrons. The Morgan fingerprint density at radius 2 is 1.85 bits per heavy atom. The number of halogens is 1. The molecule has 136 valence electrons. The number of benzene rings is 2. The minimum atomic E-state index is -0.272. The average molecular weight is 361 g/mol. The Hall–Kier alpha value is -3.17. The van der Waals surface area contributed by atoms with E-state index in [0.717, 1.165) is 41.7 Å². The Morgan fingerprint density at radius 1 is 1.15 bits per heavy atom. The van der Waals surface area contributed by atoms with Crippen molar-refractivity contribution in [1.29, 1.82) is 5.26 Å². The third-order valence-corrected chi connectivity index (χ3v) is 4.82. The van der Waals surface area contributed by atoms with E-state index in [9.17, 15) is 4.39 Å². The van der Waals surface area contributed by atoms with E-state index in [1.54, 1.807) is 24.3 Å². The summed E-state index contributed by atoms with van der Waals surface area (Å²) in [5.41, 5.74) is 2.85. The molecule has 0 atom stereocenters. The molecular weight excluding hydrogens is 341 g/mol. The second-order valence-electron chi connectivity index (χ2n) is 7.16. The lowest BCUT2D eigenvalue weighted by molar-refractivity contribution is 0.317. The molecule has 2 aromatic carbocycles. The quantitative estimate of drug-likeness (QED) is 0.736. The van der Waals surface area contributed by atoms with Crippen molar-refractivity contribution < 1.29 is 4.39 Å². The summed E-state index contributed by atoms with van der Waals surface area (Å²) in [5.74, 6) is 1.53. The first kappa shape index (κ1) is 17.3. The largest absolute Gasteiger partial charge is 0.340 e. The molecule has 0 fully saturated rings. The molecule has 6 heteroatoms. The zero-order valence-electron chi connectivity index (χ0n) is 15.3. The van der Waals surface area contributed by atoms with Crippen LogP contribution < -0.4 is 10.6 Å². The van der Waals surface area contributed by atoms with E-state index < -0.39 is 0 Å². The fourth-order valence-electron chi connectivity index (χ4n) is 3.41.